The average molecular weight is 268 g/mol. The summed E-state index contributed by atoms with van der Waals surface area (Å²) in [5.41, 5.74) is 6.46. The van der Waals surface area contributed by atoms with Crippen LogP contribution in [-0.4, -0.2) is 42.8 Å². The van der Waals surface area contributed by atoms with E-state index in [0.717, 1.165) is 18.4 Å². The van der Waals surface area contributed by atoms with Crippen molar-refractivity contribution in [2.75, 3.05) is 20.2 Å². The zero-order valence-electron chi connectivity index (χ0n) is 13.2. The Balaban J connectivity index is 2.12. The summed E-state index contributed by atoms with van der Waals surface area (Å²) in [5.74, 6) is 1.59. The van der Waals surface area contributed by atoms with Crippen LogP contribution in [0, 0.1) is 11.8 Å². The average Bonchev–Trinajstić information content (AvgIpc) is 2.43. The Kier molecular flexibility index (Phi) is 4.91. The van der Waals surface area contributed by atoms with Crippen molar-refractivity contribution < 1.29 is 4.74 Å². The lowest BCUT2D eigenvalue weighted by Gasteiger charge is -2.54. The van der Waals surface area contributed by atoms with Crippen LogP contribution in [0.5, 0.6) is 0 Å². The molecule has 2 rings (SSSR count). The van der Waals surface area contributed by atoms with Crippen molar-refractivity contribution >= 4 is 0 Å². The van der Waals surface area contributed by atoms with Crippen LogP contribution < -0.4 is 5.73 Å². The van der Waals surface area contributed by atoms with Gasteiger partial charge in [0.25, 0.3) is 0 Å². The van der Waals surface area contributed by atoms with Gasteiger partial charge in [0.1, 0.15) is 0 Å². The largest absolute Gasteiger partial charge is 0.381 e. The second kappa shape index (κ2) is 6.11. The van der Waals surface area contributed by atoms with Crippen molar-refractivity contribution in [3.8, 4) is 0 Å². The normalized spacial score (nSPS) is 45.3. The van der Waals surface area contributed by atoms with Gasteiger partial charge in [-0.1, -0.05) is 13.8 Å². The number of ether oxygens (including phenoxy) is 1. The molecule has 0 aromatic heterocycles. The van der Waals surface area contributed by atoms with Crippen molar-refractivity contribution in [1.82, 2.24) is 4.90 Å². The second-order valence-corrected chi connectivity index (χ2v) is 7.07. The van der Waals surface area contributed by atoms with Crippen molar-refractivity contribution in [2.45, 2.75) is 70.6 Å². The maximum atomic E-state index is 6.23. The summed E-state index contributed by atoms with van der Waals surface area (Å²) >= 11 is 0. The number of rotatable bonds is 3. The van der Waals surface area contributed by atoms with Gasteiger partial charge in [0.15, 0.2) is 0 Å². The molecule has 3 nitrogen and oxygen atoms in total. The molecule has 0 bridgehead atoms. The lowest BCUT2D eigenvalue weighted by molar-refractivity contribution is -0.0590. The van der Waals surface area contributed by atoms with Crippen LogP contribution >= 0.6 is 0 Å². The van der Waals surface area contributed by atoms with E-state index in [1.165, 1.54) is 38.6 Å². The number of hydrogen-bond acceptors (Lipinski definition) is 3. The molecule has 0 radical (unpaired) electrons. The minimum Gasteiger partial charge on any atom is -0.381 e. The number of methoxy groups -OCH3 is 1. The summed E-state index contributed by atoms with van der Waals surface area (Å²) in [6.45, 7) is 9.21. The highest BCUT2D eigenvalue weighted by atomic mass is 16.5. The van der Waals surface area contributed by atoms with Gasteiger partial charge in [-0.3, -0.25) is 4.90 Å². The zero-order valence-corrected chi connectivity index (χ0v) is 13.2. The van der Waals surface area contributed by atoms with Gasteiger partial charge >= 0.3 is 0 Å². The molecule has 3 heteroatoms. The molecule has 3 atom stereocenters. The van der Waals surface area contributed by atoms with Crippen LogP contribution in [0.1, 0.15) is 52.9 Å². The molecule has 0 aromatic rings. The minimum atomic E-state index is 0.234. The van der Waals surface area contributed by atoms with E-state index >= 15 is 0 Å². The van der Waals surface area contributed by atoms with Crippen LogP contribution in [0.2, 0.25) is 0 Å². The van der Waals surface area contributed by atoms with E-state index in [1.807, 2.05) is 7.11 Å². The van der Waals surface area contributed by atoms with Crippen molar-refractivity contribution in [3.05, 3.63) is 0 Å². The van der Waals surface area contributed by atoms with Gasteiger partial charge < -0.3 is 10.5 Å². The summed E-state index contributed by atoms with van der Waals surface area (Å²) < 4.78 is 5.53. The van der Waals surface area contributed by atoms with Crippen LogP contribution in [0.15, 0.2) is 0 Å². The Morgan fingerprint density at radius 2 is 1.84 bits per heavy atom. The van der Waals surface area contributed by atoms with E-state index in [4.69, 9.17) is 10.5 Å². The van der Waals surface area contributed by atoms with E-state index in [0.29, 0.717) is 12.1 Å². The summed E-state index contributed by atoms with van der Waals surface area (Å²) in [4.78, 5) is 2.75. The molecule has 1 saturated heterocycles. The van der Waals surface area contributed by atoms with Gasteiger partial charge in [-0.2, -0.15) is 0 Å². The molecule has 112 valence electrons. The van der Waals surface area contributed by atoms with E-state index < -0.39 is 0 Å². The maximum absolute atomic E-state index is 6.23. The molecule has 19 heavy (non-hydrogen) atoms. The molecule has 2 N–H and O–H groups in total. The lowest BCUT2D eigenvalue weighted by atomic mass is 9.74. The Labute approximate surface area is 118 Å². The van der Waals surface area contributed by atoms with E-state index in [1.54, 1.807) is 0 Å². The third-order valence-corrected chi connectivity index (χ3v) is 5.78. The van der Waals surface area contributed by atoms with E-state index in [9.17, 15) is 0 Å². The summed E-state index contributed by atoms with van der Waals surface area (Å²) in [5, 5.41) is 0. The minimum absolute atomic E-state index is 0.234. The summed E-state index contributed by atoms with van der Waals surface area (Å²) in [6.07, 6.45) is 6.55. The number of piperidine rings is 1. The van der Waals surface area contributed by atoms with Gasteiger partial charge in [0.05, 0.1) is 6.10 Å². The monoisotopic (exact) mass is 268 g/mol. The van der Waals surface area contributed by atoms with E-state index in [-0.39, 0.29) is 5.54 Å². The molecule has 0 amide bonds. The molecule has 0 spiro atoms. The third kappa shape index (κ3) is 2.98. The molecular formula is C16H32N2O. The Bertz CT molecular complexity index is 286. The molecule has 3 unspecified atom stereocenters. The predicted molar refractivity (Wildman–Crippen MR) is 80.2 cm³/mol. The molecule has 1 aliphatic carbocycles. The number of likely N-dealkylation sites (tertiary alicyclic amines) is 1. The summed E-state index contributed by atoms with van der Waals surface area (Å²) in [7, 11) is 1.84. The van der Waals surface area contributed by atoms with Gasteiger partial charge in [0.2, 0.25) is 0 Å². The van der Waals surface area contributed by atoms with Crippen molar-refractivity contribution in [3.63, 3.8) is 0 Å². The highest BCUT2D eigenvalue weighted by Crippen LogP contribution is 2.40. The van der Waals surface area contributed by atoms with Gasteiger partial charge in [-0.25, -0.2) is 0 Å². The number of nitrogens with two attached hydrogens (primary N) is 1. The highest BCUT2D eigenvalue weighted by Gasteiger charge is 2.44. The van der Waals surface area contributed by atoms with Crippen molar-refractivity contribution in [2.24, 2.45) is 17.6 Å². The smallest absolute Gasteiger partial charge is 0.0572 e. The Hall–Kier alpha value is -0.120. The van der Waals surface area contributed by atoms with Crippen LogP contribution in [0.3, 0.4) is 0 Å². The SMILES string of the molecule is COC1CCC(CN)(N2CC(C)CC(C)C2C)CC1. The first-order valence-corrected chi connectivity index (χ1v) is 8.02. The lowest BCUT2D eigenvalue weighted by Crippen LogP contribution is -2.63. The molecular weight excluding hydrogens is 236 g/mol. The number of hydrogen-bond donors (Lipinski definition) is 1. The Morgan fingerprint density at radius 1 is 1.21 bits per heavy atom. The quantitative estimate of drug-likeness (QED) is 0.855. The Morgan fingerprint density at radius 3 is 2.37 bits per heavy atom. The second-order valence-electron chi connectivity index (χ2n) is 7.07. The van der Waals surface area contributed by atoms with Crippen molar-refractivity contribution in [1.29, 1.82) is 0 Å². The first-order valence-electron chi connectivity index (χ1n) is 8.02. The highest BCUT2D eigenvalue weighted by molar-refractivity contribution is 5.00. The number of nitrogens with zero attached hydrogens (tertiary/aromatic N) is 1. The predicted octanol–water partition coefficient (Wildman–Crippen LogP) is 2.64. The first-order chi connectivity index (χ1) is 9.02. The molecule has 1 aliphatic heterocycles. The van der Waals surface area contributed by atoms with Gasteiger partial charge in [-0.05, 0) is 50.9 Å². The van der Waals surface area contributed by atoms with E-state index in [2.05, 4.69) is 25.7 Å². The first kappa shape index (κ1) is 15.3. The molecule has 0 aromatic carbocycles. The van der Waals surface area contributed by atoms with Gasteiger partial charge in [0, 0.05) is 31.8 Å². The maximum Gasteiger partial charge on any atom is 0.0572 e. The summed E-state index contributed by atoms with van der Waals surface area (Å²) in [6, 6.07) is 0.666. The van der Waals surface area contributed by atoms with Crippen LogP contribution in [0.4, 0.5) is 0 Å². The molecule has 2 fully saturated rings. The molecule has 1 saturated carbocycles. The fourth-order valence-electron chi connectivity index (χ4n) is 4.31. The van der Waals surface area contributed by atoms with Crippen LogP contribution in [0.25, 0.3) is 0 Å². The van der Waals surface area contributed by atoms with Crippen LogP contribution in [-0.2, 0) is 4.74 Å². The fourth-order valence-corrected chi connectivity index (χ4v) is 4.31. The standard InChI is InChI=1S/C16H32N2O/c1-12-9-13(2)14(3)18(10-12)16(11-17)7-5-15(19-4)6-8-16/h12-15H,5-11,17H2,1-4H3. The topological polar surface area (TPSA) is 38.5 Å². The molecule has 1 heterocycles. The fraction of sp³-hybridized carbons (Fsp3) is 1.00. The molecule has 2 aliphatic rings. The zero-order chi connectivity index (χ0) is 14.0. The third-order valence-electron chi connectivity index (χ3n) is 5.78. The van der Waals surface area contributed by atoms with Gasteiger partial charge in [-0.15, -0.1) is 0 Å².